The van der Waals surface area contributed by atoms with Gasteiger partial charge in [0, 0.05) is 18.0 Å². The van der Waals surface area contributed by atoms with Gasteiger partial charge >= 0.3 is 5.43 Å². The quantitative estimate of drug-likeness (QED) is 0.0347. The number of aliphatic hydroxyl groups excluding tert-OH is 1. The average Bonchev–Trinajstić information content (AvgIpc) is 3.03. The maximum absolute atomic E-state index is 11.6. The zero-order valence-corrected chi connectivity index (χ0v) is 31.5. The number of hydrogen-bond donors (Lipinski definition) is 3. The van der Waals surface area contributed by atoms with Gasteiger partial charge in [-0.3, -0.25) is 0 Å². The van der Waals surface area contributed by atoms with E-state index in [1.54, 1.807) is 0 Å². The fraction of sp³-hybridized carbons (Fsp3) is 0.975. The third-order valence-electron chi connectivity index (χ3n) is 10.1. The van der Waals surface area contributed by atoms with E-state index in [9.17, 15) is 20.1 Å². The van der Waals surface area contributed by atoms with Gasteiger partial charge in [-0.15, -0.1) is 0 Å². The maximum Gasteiger partial charge on any atom is 0.406 e. The van der Waals surface area contributed by atoms with Crippen LogP contribution in [-0.4, -0.2) is 38.7 Å². The Bertz CT molecular complexity index is 647. The van der Waals surface area contributed by atoms with Gasteiger partial charge in [0.15, 0.2) is 5.60 Å². The number of carbonyl (C=O) groups excluding carboxylic acids is 1. The van der Waals surface area contributed by atoms with Crippen molar-refractivity contribution in [3.8, 4) is 0 Å². The lowest BCUT2D eigenvalue weighted by molar-refractivity contribution is -0.284. The number of aliphatic hydroxyl groups is 3. The van der Waals surface area contributed by atoms with Crippen LogP contribution >= 0.6 is 11.6 Å². The second kappa shape index (κ2) is 33.2. The smallest absolute Gasteiger partial charge is 0.406 e. The molecular weight excluding hydrogens is 596 g/mol. The molecule has 0 rings (SSSR count). The van der Waals surface area contributed by atoms with Crippen molar-refractivity contribution in [2.45, 2.75) is 244 Å². The van der Waals surface area contributed by atoms with Crippen LogP contribution in [0.1, 0.15) is 232 Å². The predicted molar refractivity (Wildman–Crippen MR) is 198 cm³/mol. The van der Waals surface area contributed by atoms with E-state index in [2.05, 4.69) is 13.8 Å². The van der Waals surface area contributed by atoms with Crippen molar-refractivity contribution < 1.29 is 24.9 Å². The normalized spacial score (nSPS) is 14.3. The van der Waals surface area contributed by atoms with Crippen LogP contribution in [0.4, 0.5) is 4.79 Å². The number of ether oxygens (including phenoxy) is 1. The first-order valence-corrected chi connectivity index (χ1v) is 20.7. The molecule has 0 spiro atoms. The van der Waals surface area contributed by atoms with Crippen LogP contribution in [0, 0.1) is 0 Å². The molecule has 0 amide bonds. The average molecular weight is 676 g/mol. The summed E-state index contributed by atoms with van der Waals surface area (Å²) in [5.74, 6) is -2.17. The summed E-state index contributed by atoms with van der Waals surface area (Å²) in [5.41, 5.74) is -3.07. The number of carbonyl (C=O) groups is 1. The van der Waals surface area contributed by atoms with Crippen molar-refractivity contribution >= 4 is 17.0 Å². The first-order chi connectivity index (χ1) is 22.3. The summed E-state index contributed by atoms with van der Waals surface area (Å²) in [6.07, 6.45) is 40.0. The molecule has 276 valence electrons. The largest absolute Gasteiger partial charge is 0.418 e. The fourth-order valence-corrected chi connectivity index (χ4v) is 6.92. The molecule has 0 aliphatic rings. The Balaban J connectivity index is 4.00. The van der Waals surface area contributed by atoms with E-state index in [-0.39, 0.29) is 12.8 Å². The molecular formula is C40H79ClO5. The van der Waals surface area contributed by atoms with Crippen molar-refractivity contribution in [1.82, 2.24) is 0 Å². The minimum absolute atomic E-state index is 0.0693. The van der Waals surface area contributed by atoms with E-state index in [0.717, 1.165) is 38.5 Å². The van der Waals surface area contributed by atoms with Gasteiger partial charge in [-0.05, 0) is 12.8 Å². The Kier molecular flexibility index (Phi) is 32.9. The van der Waals surface area contributed by atoms with Gasteiger partial charge in [-0.2, -0.15) is 0 Å². The molecule has 5 nitrogen and oxygen atoms in total. The van der Waals surface area contributed by atoms with Crippen LogP contribution in [-0.2, 0) is 4.74 Å². The Labute approximate surface area is 291 Å². The van der Waals surface area contributed by atoms with Gasteiger partial charge in [-0.25, -0.2) is 4.79 Å². The molecule has 0 saturated carbocycles. The Morgan fingerprint density at radius 2 is 0.696 bits per heavy atom. The first-order valence-electron chi connectivity index (χ1n) is 20.3. The molecule has 2 atom stereocenters. The second-order valence-corrected chi connectivity index (χ2v) is 14.7. The molecule has 0 heterocycles. The zero-order valence-electron chi connectivity index (χ0n) is 30.8. The highest BCUT2D eigenvalue weighted by molar-refractivity contribution is 6.61. The lowest BCUT2D eigenvalue weighted by atomic mass is 9.84. The molecule has 3 N–H and O–H groups in total. The minimum atomic E-state index is -2.17. The molecule has 0 aliphatic carbocycles. The summed E-state index contributed by atoms with van der Waals surface area (Å²) < 4.78 is 5.07. The van der Waals surface area contributed by atoms with E-state index in [1.165, 1.54) is 154 Å². The number of unbranched alkanes of at least 4 members (excludes halogenated alkanes) is 30. The van der Waals surface area contributed by atoms with Crippen LogP contribution < -0.4 is 0 Å². The third kappa shape index (κ3) is 26.6. The van der Waals surface area contributed by atoms with Crippen molar-refractivity contribution in [3.05, 3.63) is 0 Å². The van der Waals surface area contributed by atoms with E-state index < -0.39 is 23.4 Å². The van der Waals surface area contributed by atoms with Crippen molar-refractivity contribution in [1.29, 1.82) is 0 Å². The van der Waals surface area contributed by atoms with Gasteiger partial charge < -0.3 is 20.1 Å². The number of halogens is 1. The van der Waals surface area contributed by atoms with E-state index in [0.29, 0.717) is 12.8 Å². The first kappa shape index (κ1) is 45.6. The van der Waals surface area contributed by atoms with Gasteiger partial charge in [0.05, 0.1) is 6.61 Å². The highest BCUT2D eigenvalue weighted by Gasteiger charge is 2.51. The molecule has 0 saturated heterocycles. The minimum Gasteiger partial charge on any atom is -0.418 e. The number of rotatable bonds is 37. The molecule has 0 radical (unpaired) electrons. The van der Waals surface area contributed by atoms with Crippen LogP contribution in [0.3, 0.4) is 0 Å². The summed E-state index contributed by atoms with van der Waals surface area (Å²) in [7, 11) is 0. The van der Waals surface area contributed by atoms with Crippen LogP contribution in [0.15, 0.2) is 0 Å². The summed E-state index contributed by atoms with van der Waals surface area (Å²) in [5, 5.41) is 32.4. The summed E-state index contributed by atoms with van der Waals surface area (Å²) in [4.78, 5) is 11.6. The third-order valence-corrected chi connectivity index (χ3v) is 10.1. The Morgan fingerprint density at radius 1 is 0.457 bits per heavy atom. The molecule has 0 aromatic rings. The van der Waals surface area contributed by atoms with Gasteiger partial charge in [0.25, 0.3) is 0 Å². The molecule has 0 aromatic heterocycles. The van der Waals surface area contributed by atoms with Gasteiger partial charge in [0.1, 0.15) is 0 Å². The molecule has 0 aliphatic heterocycles. The summed E-state index contributed by atoms with van der Waals surface area (Å²) in [6.45, 7) is 3.86. The predicted octanol–water partition coefficient (Wildman–Crippen LogP) is 13.1. The van der Waals surface area contributed by atoms with E-state index in [1.807, 2.05) is 0 Å². The van der Waals surface area contributed by atoms with Crippen molar-refractivity contribution in [3.63, 3.8) is 0 Å². The lowest BCUT2D eigenvalue weighted by Gasteiger charge is -2.41. The molecule has 0 fully saturated rings. The maximum atomic E-state index is 11.6. The van der Waals surface area contributed by atoms with Crippen LogP contribution in [0.5, 0.6) is 0 Å². The van der Waals surface area contributed by atoms with Crippen LogP contribution in [0.25, 0.3) is 0 Å². The van der Waals surface area contributed by atoms with Crippen LogP contribution in [0.2, 0.25) is 0 Å². The monoisotopic (exact) mass is 675 g/mol. The Hall–Kier alpha value is -0.360. The van der Waals surface area contributed by atoms with Crippen molar-refractivity contribution in [2.75, 3.05) is 6.61 Å². The SMILES string of the molecule is CCCCCCCCCCCCCCCCCCC(O)(CO)C(O)(CCCCCCCCCCCCCCCCCC)OC(=O)Cl. The molecule has 0 bridgehead atoms. The molecule has 6 heteroatoms. The highest BCUT2D eigenvalue weighted by atomic mass is 35.5. The zero-order chi connectivity index (χ0) is 34.0. The van der Waals surface area contributed by atoms with E-state index >= 15 is 0 Å². The lowest BCUT2D eigenvalue weighted by Crippen LogP contribution is -2.58. The molecule has 2 unspecified atom stereocenters. The topological polar surface area (TPSA) is 87.0 Å². The summed E-state index contributed by atoms with van der Waals surface area (Å²) >= 11 is 5.49. The molecule has 46 heavy (non-hydrogen) atoms. The standard InChI is InChI=1S/C40H79ClO5/c1-3-5-7-9-11-13-15-17-19-21-23-25-27-29-31-33-35-39(44,37-42)40(45,46-38(41)43)36-34-32-30-28-26-24-22-20-18-16-14-12-10-8-6-4-2/h42,44-45H,3-37H2,1-2H3. The highest BCUT2D eigenvalue weighted by Crippen LogP contribution is 2.35. The number of hydrogen-bond acceptors (Lipinski definition) is 5. The Morgan fingerprint density at radius 3 is 0.935 bits per heavy atom. The van der Waals surface area contributed by atoms with Gasteiger partial charge in [-0.1, -0.05) is 213 Å². The van der Waals surface area contributed by atoms with E-state index in [4.69, 9.17) is 16.3 Å². The van der Waals surface area contributed by atoms with Crippen molar-refractivity contribution in [2.24, 2.45) is 0 Å². The molecule has 0 aromatic carbocycles. The van der Waals surface area contributed by atoms with Gasteiger partial charge in [0.2, 0.25) is 5.79 Å². The second-order valence-electron chi connectivity index (χ2n) is 14.4. The summed E-state index contributed by atoms with van der Waals surface area (Å²) in [6, 6.07) is 0. The fourth-order valence-electron chi connectivity index (χ4n) is 6.79.